The average Bonchev–Trinajstić information content (AvgIpc) is 2.29. The molecule has 4 nitrogen and oxygen atoms in total. The molecular weight excluding hydrogens is 274 g/mol. The van der Waals surface area contributed by atoms with Crippen molar-refractivity contribution >= 4 is 21.6 Å². The Balaban J connectivity index is 2.95. The number of aliphatic hydroxyl groups is 1. The molecule has 1 atom stereocenters. The summed E-state index contributed by atoms with van der Waals surface area (Å²) in [4.78, 5) is 0.172. The van der Waals surface area contributed by atoms with Crippen molar-refractivity contribution in [1.82, 2.24) is 4.31 Å². The smallest absolute Gasteiger partial charge is 0.242 e. The van der Waals surface area contributed by atoms with E-state index in [1.54, 1.807) is 13.0 Å². The Labute approximate surface area is 113 Å². The van der Waals surface area contributed by atoms with Crippen molar-refractivity contribution in [2.75, 3.05) is 13.6 Å². The van der Waals surface area contributed by atoms with Gasteiger partial charge in [0.05, 0.1) is 11.0 Å². The molecule has 1 aromatic rings. The van der Waals surface area contributed by atoms with Gasteiger partial charge in [-0.1, -0.05) is 17.7 Å². The minimum atomic E-state index is -3.54. The summed E-state index contributed by atoms with van der Waals surface area (Å²) in [6, 6.07) is 4.66. The summed E-state index contributed by atoms with van der Waals surface area (Å²) < 4.78 is 25.6. The second-order valence-corrected chi connectivity index (χ2v) is 6.83. The number of hydrogen-bond donors (Lipinski definition) is 1. The molecule has 0 spiro atoms. The summed E-state index contributed by atoms with van der Waals surface area (Å²) in [6.45, 7) is 3.71. The van der Waals surface area contributed by atoms with Crippen LogP contribution in [0.5, 0.6) is 0 Å². The van der Waals surface area contributed by atoms with Crippen molar-refractivity contribution in [3.05, 3.63) is 28.8 Å². The van der Waals surface area contributed by atoms with Gasteiger partial charge in [0, 0.05) is 18.6 Å². The molecule has 0 aliphatic carbocycles. The molecule has 0 fully saturated rings. The molecule has 102 valence electrons. The third kappa shape index (κ3) is 3.68. The lowest BCUT2D eigenvalue weighted by atomic mass is 10.2. The van der Waals surface area contributed by atoms with Crippen LogP contribution in [0.3, 0.4) is 0 Å². The van der Waals surface area contributed by atoms with Gasteiger partial charge in [-0.3, -0.25) is 0 Å². The molecule has 1 rings (SSSR count). The van der Waals surface area contributed by atoms with Crippen molar-refractivity contribution < 1.29 is 13.5 Å². The Kier molecular flexibility index (Phi) is 5.16. The topological polar surface area (TPSA) is 57.6 Å². The molecule has 0 bridgehead atoms. The highest BCUT2D eigenvalue weighted by Crippen LogP contribution is 2.22. The molecule has 1 aromatic carbocycles. The highest BCUT2D eigenvalue weighted by molar-refractivity contribution is 7.89. The first-order valence-electron chi connectivity index (χ1n) is 5.65. The van der Waals surface area contributed by atoms with E-state index in [1.807, 2.05) is 6.92 Å². The minimum absolute atomic E-state index is 0.172. The lowest BCUT2D eigenvalue weighted by Gasteiger charge is -2.18. The van der Waals surface area contributed by atoms with Gasteiger partial charge in [0.1, 0.15) is 0 Å². The molecule has 0 aromatic heterocycles. The van der Waals surface area contributed by atoms with Crippen LogP contribution in [0.1, 0.15) is 18.9 Å². The lowest BCUT2D eigenvalue weighted by molar-refractivity contribution is 0.177. The van der Waals surface area contributed by atoms with E-state index in [4.69, 9.17) is 11.6 Å². The Bertz CT molecular complexity index is 514. The quantitative estimate of drug-likeness (QED) is 0.903. The highest BCUT2D eigenvalue weighted by atomic mass is 35.5. The van der Waals surface area contributed by atoms with E-state index in [1.165, 1.54) is 23.5 Å². The Hall–Kier alpha value is -0.620. The van der Waals surface area contributed by atoms with Crippen molar-refractivity contribution in [1.29, 1.82) is 0 Å². The van der Waals surface area contributed by atoms with Crippen LogP contribution in [0.25, 0.3) is 0 Å². The molecule has 18 heavy (non-hydrogen) atoms. The first-order chi connectivity index (χ1) is 8.25. The lowest BCUT2D eigenvalue weighted by Crippen LogP contribution is -2.29. The van der Waals surface area contributed by atoms with Crippen LogP contribution in [0.4, 0.5) is 0 Å². The zero-order chi connectivity index (χ0) is 13.9. The molecule has 0 saturated heterocycles. The summed E-state index contributed by atoms with van der Waals surface area (Å²) >= 11 is 5.93. The van der Waals surface area contributed by atoms with Gasteiger partial charge in [-0.05, 0) is 38.0 Å². The summed E-state index contributed by atoms with van der Waals surface area (Å²) in [7, 11) is -2.04. The van der Waals surface area contributed by atoms with E-state index in [2.05, 4.69) is 0 Å². The number of aliphatic hydroxyl groups excluding tert-OH is 1. The molecule has 0 aliphatic rings. The first kappa shape index (κ1) is 15.4. The maximum absolute atomic E-state index is 12.2. The monoisotopic (exact) mass is 291 g/mol. The van der Waals surface area contributed by atoms with Gasteiger partial charge < -0.3 is 5.11 Å². The van der Waals surface area contributed by atoms with Crippen LogP contribution in [0.15, 0.2) is 23.1 Å². The number of hydrogen-bond acceptors (Lipinski definition) is 3. The number of halogens is 1. The van der Waals surface area contributed by atoms with Crippen molar-refractivity contribution in [3.8, 4) is 0 Å². The van der Waals surface area contributed by atoms with Crippen LogP contribution in [0.2, 0.25) is 5.02 Å². The molecular formula is C12H18ClNO3S. The van der Waals surface area contributed by atoms with E-state index in [-0.39, 0.29) is 11.4 Å². The van der Waals surface area contributed by atoms with Crippen molar-refractivity contribution in [2.24, 2.45) is 0 Å². The summed E-state index contributed by atoms with van der Waals surface area (Å²) in [5.74, 6) is 0. The van der Waals surface area contributed by atoms with E-state index in [0.717, 1.165) is 5.56 Å². The molecule has 0 heterocycles. The largest absolute Gasteiger partial charge is 0.393 e. The molecule has 1 unspecified atom stereocenters. The van der Waals surface area contributed by atoms with E-state index < -0.39 is 16.1 Å². The number of benzene rings is 1. The van der Waals surface area contributed by atoms with Gasteiger partial charge in [0.25, 0.3) is 0 Å². The molecule has 1 N–H and O–H groups in total. The van der Waals surface area contributed by atoms with Gasteiger partial charge in [-0.2, -0.15) is 0 Å². The first-order valence-corrected chi connectivity index (χ1v) is 7.47. The molecule has 0 radical (unpaired) electrons. The Morgan fingerprint density at radius 1 is 1.44 bits per heavy atom. The fourth-order valence-corrected chi connectivity index (χ4v) is 2.86. The number of aryl methyl sites for hydroxylation is 1. The van der Waals surface area contributed by atoms with Gasteiger partial charge in [0.2, 0.25) is 10.0 Å². The maximum Gasteiger partial charge on any atom is 0.242 e. The van der Waals surface area contributed by atoms with Crippen LogP contribution in [-0.4, -0.2) is 37.5 Å². The van der Waals surface area contributed by atoms with Gasteiger partial charge in [-0.25, -0.2) is 12.7 Å². The predicted octanol–water partition coefficient (Wildman–Crippen LogP) is 2.04. The van der Waals surface area contributed by atoms with E-state index in [0.29, 0.717) is 11.4 Å². The number of sulfonamides is 1. The zero-order valence-corrected chi connectivity index (χ0v) is 12.3. The SMILES string of the molecule is Cc1ccc(S(=O)(=O)N(C)CCC(C)O)cc1Cl. The van der Waals surface area contributed by atoms with Crippen molar-refractivity contribution in [2.45, 2.75) is 31.3 Å². The predicted molar refractivity (Wildman–Crippen MR) is 72.3 cm³/mol. The maximum atomic E-state index is 12.2. The average molecular weight is 292 g/mol. The Morgan fingerprint density at radius 3 is 2.56 bits per heavy atom. The van der Waals surface area contributed by atoms with Gasteiger partial charge in [-0.15, -0.1) is 0 Å². The van der Waals surface area contributed by atoms with Crippen molar-refractivity contribution in [3.63, 3.8) is 0 Å². The third-order valence-electron chi connectivity index (χ3n) is 2.71. The second kappa shape index (κ2) is 6.02. The fraction of sp³-hybridized carbons (Fsp3) is 0.500. The van der Waals surface area contributed by atoms with Crippen LogP contribution in [-0.2, 0) is 10.0 Å². The number of rotatable bonds is 5. The van der Waals surface area contributed by atoms with Crippen LogP contribution >= 0.6 is 11.6 Å². The molecule has 0 aliphatic heterocycles. The third-order valence-corrected chi connectivity index (χ3v) is 4.97. The normalized spacial score (nSPS) is 13.9. The van der Waals surface area contributed by atoms with E-state index in [9.17, 15) is 13.5 Å². The summed E-state index contributed by atoms with van der Waals surface area (Å²) in [6.07, 6.45) is -0.126. The minimum Gasteiger partial charge on any atom is -0.393 e. The fourth-order valence-electron chi connectivity index (χ4n) is 1.40. The molecule has 6 heteroatoms. The second-order valence-electron chi connectivity index (χ2n) is 4.38. The van der Waals surface area contributed by atoms with Crippen LogP contribution < -0.4 is 0 Å². The van der Waals surface area contributed by atoms with E-state index >= 15 is 0 Å². The molecule has 0 amide bonds. The molecule has 0 saturated carbocycles. The highest BCUT2D eigenvalue weighted by Gasteiger charge is 2.21. The van der Waals surface area contributed by atoms with Crippen LogP contribution in [0, 0.1) is 6.92 Å². The number of nitrogens with zero attached hydrogens (tertiary/aromatic N) is 1. The standard InChI is InChI=1S/C12H18ClNO3S/c1-9-4-5-11(8-12(9)13)18(16,17)14(3)7-6-10(2)15/h4-5,8,10,15H,6-7H2,1-3H3. The van der Waals surface area contributed by atoms with Gasteiger partial charge >= 0.3 is 0 Å². The summed E-state index contributed by atoms with van der Waals surface area (Å²) in [5, 5.41) is 9.61. The van der Waals surface area contributed by atoms with Gasteiger partial charge in [0.15, 0.2) is 0 Å². The summed E-state index contributed by atoms with van der Waals surface area (Å²) in [5.41, 5.74) is 0.835. The Morgan fingerprint density at radius 2 is 2.06 bits per heavy atom. The zero-order valence-electron chi connectivity index (χ0n) is 10.7.